The fraction of sp³-hybridized carbons (Fsp3) is 0.268. The average Bonchev–Trinajstić information content (AvgIpc) is 3.51. The Morgan fingerprint density at radius 3 is 2.11 bits per heavy atom. The van der Waals surface area contributed by atoms with E-state index in [1.54, 1.807) is 49.4 Å². The van der Waals surface area contributed by atoms with Gasteiger partial charge >= 0.3 is 0 Å². The molecule has 4 aliphatic rings. The lowest BCUT2D eigenvalue weighted by Gasteiger charge is -2.49. The van der Waals surface area contributed by atoms with E-state index in [2.05, 4.69) is 10.2 Å². The summed E-state index contributed by atoms with van der Waals surface area (Å²) in [6.07, 6.45) is 2.36. The molecule has 6 atom stereocenters. The molecule has 268 valence electrons. The van der Waals surface area contributed by atoms with Gasteiger partial charge in [-0.05, 0) is 110 Å². The van der Waals surface area contributed by atoms with Gasteiger partial charge in [0.25, 0.3) is 0 Å². The quantitative estimate of drug-likeness (QED) is 0.122. The summed E-state index contributed by atoms with van der Waals surface area (Å²) in [6.45, 7) is 1.74. The van der Waals surface area contributed by atoms with Crippen molar-refractivity contribution >= 4 is 63.7 Å². The highest BCUT2D eigenvalue weighted by atomic mass is 35.5. The standard InChI is InChI=1S/C41H35ClFN5O5/c1-41-32(38(51)48(40(41)53)27-15-18-34(43)33(42)20-27)21-31-29(36(41)22-5-4-6-28(49)19-22)16-17-30-35(31)39(52)47(37(30)50)26-13-9-24(10-14-26)45-44-23-7-11-25(12-8-23)46(2)3/h4-16,18-20,30-32,35-36,49H,17,21H2,1-3H3. The number of halogens is 2. The molecule has 3 fully saturated rings. The molecule has 0 spiro atoms. The minimum Gasteiger partial charge on any atom is -0.508 e. The molecule has 10 nitrogen and oxygen atoms in total. The number of rotatable bonds is 6. The second-order valence-electron chi connectivity index (χ2n) is 14.5. The minimum atomic E-state index is -1.31. The van der Waals surface area contributed by atoms with Gasteiger partial charge in [-0.3, -0.25) is 24.1 Å². The molecule has 4 aromatic carbocycles. The molecule has 0 aromatic heterocycles. The van der Waals surface area contributed by atoms with Crippen LogP contribution in [0, 0.1) is 34.9 Å². The highest BCUT2D eigenvalue weighted by Gasteiger charge is 2.67. The first-order chi connectivity index (χ1) is 25.4. The van der Waals surface area contributed by atoms with Gasteiger partial charge in [0.05, 0.1) is 50.9 Å². The number of fused-ring (bicyclic) bond motifs is 4. The number of imide groups is 2. The van der Waals surface area contributed by atoms with E-state index in [0.717, 1.165) is 22.2 Å². The molecule has 6 unspecified atom stereocenters. The van der Waals surface area contributed by atoms with Gasteiger partial charge in [0.2, 0.25) is 23.6 Å². The van der Waals surface area contributed by atoms with Gasteiger partial charge < -0.3 is 10.0 Å². The van der Waals surface area contributed by atoms with Gasteiger partial charge in [-0.15, -0.1) is 0 Å². The Morgan fingerprint density at radius 2 is 1.47 bits per heavy atom. The van der Waals surface area contributed by atoms with E-state index in [9.17, 15) is 28.7 Å². The first-order valence-corrected chi connectivity index (χ1v) is 17.8. The molecule has 2 aliphatic carbocycles. The van der Waals surface area contributed by atoms with E-state index in [1.807, 2.05) is 49.3 Å². The Morgan fingerprint density at radius 1 is 0.811 bits per heavy atom. The molecule has 12 heteroatoms. The van der Waals surface area contributed by atoms with Crippen molar-refractivity contribution in [2.75, 3.05) is 28.8 Å². The Kier molecular flexibility index (Phi) is 8.29. The molecular formula is C41H35ClFN5O5. The number of hydrogen-bond acceptors (Lipinski definition) is 8. The second kappa shape index (κ2) is 12.8. The van der Waals surface area contributed by atoms with Crippen molar-refractivity contribution in [2.45, 2.75) is 25.7 Å². The Balaban J connectivity index is 1.12. The SMILES string of the molecule is CN(C)c1ccc(N=Nc2ccc(N3C(=O)C4CC=C5C(CC6C(=O)N(c7ccc(F)c(Cl)c7)C(=O)C6(C)C5c5cccc(O)c5)C4C3=O)cc2)cc1. The van der Waals surface area contributed by atoms with Crippen LogP contribution < -0.4 is 14.7 Å². The number of phenolic OH excluding ortho intramolecular Hbond substituents is 1. The Hall–Kier alpha value is -5.68. The van der Waals surface area contributed by atoms with Crippen molar-refractivity contribution < 1.29 is 28.7 Å². The molecule has 4 aromatic rings. The molecule has 2 heterocycles. The maximum atomic E-state index is 14.5. The summed E-state index contributed by atoms with van der Waals surface area (Å²) >= 11 is 6.09. The van der Waals surface area contributed by atoms with E-state index >= 15 is 0 Å². The number of phenols is 1. The predicted molar refractivity (Wildman–Crippen MR) is 198 cm³/mol. The fourth-order valence-electron chi connectivity index (χ4n) is 8.83. The normalized spacial score (nSPS) is 26.5. The highest BCUT2D eigenvalue weighted by molar-refractivity contribution is 6.32. The first kappa shape index (κ1) is 34.4. The van der Waals surface area contributed by atoms with E-state index in [0.29, 0.717) is 22.6 Å². The summed E-state index contributed by atoms with van der Waals surface area (Å²) in [4.78, 5) is 61.6. The van der Waals surface area contributed by atoms with Crippen molar-refractivity contribution in [2.24, 2.45) is 39.3 Å². The number of anilines is 3. The molecule has 4 amide bonds. The average molecular weight is 732 g/mol. The Bertz CT molecular complexity index is 2260. The van der Waals surface area contributed by atoms with Gasteiger partial charge in [-0.25, -0.2) is 9.29 Å². The van der Waals surface area contributed by atoms with E-state index in [4.69, 9.17) is 11.6 Å². The number of carbonyl (C=O) groups is 4. The zero-order valence-corrected chi connectivity index (χ0v) is 29.9. The van der Waals surface area contributed by atoms with Crippen LogP contribution in [0.2, 0.25) is 5.02 Å². The third-order valence-electron chi connectivity index (χ3n) is 11.4. The lowest BCUT2D eigenvalue weighted by molar-refractivity contribution is -0.131. The van der Waals surface area contributed by atoms with Crippen LogP contribution >= 0.6 is 11.6 Å². The minimum absolute atomic E-state index is 0.0125. The van der Waals surface area contributed by atoms with Gasteiger partial charge in [0, 0.05) is 25.7 Å². The summed E-state index contributed by atoms with van der Waals surface area (Å²) in [6, 6.07) is 24.6. The largest absolute Gasteiger partial charge is 0.508 e. The smallest absolute Gasteiger partial charge is 0.241 e. The molecule has 0 bridgehead atoms. The van der Waals surface area contributed by atoms with Crippen LogP contribution in [0.3, 0.4) is 0 Å². The van der Waals surface area contributed by atoms with E-state index in [-0.39, 0.29) is 41.1 Å². The zero-order valence-electron chi connectivity index (χ0n) is 29.1. The van der Waals surface area contributed by atoms with Crippen LogP contribution in [-0.4, -0.2) is 42.8 Å². The third kappa shape index (κ3) is 5.44. The summed E-state index contributed by atoms with van der Waals surface area (Å²) < 4.78 is 14.1. The van der Waals surface area contributed by atoms with Gasteiger partial charge in [-0.1, -0.05) is 35.4 Å². The van der Waals surface area contributed by atoms with Crippen LogP contribution in [-0.2, 0) is 19.2 Å². The fourth-order valence-corrected chi connectivity index (χ4v) is 9.00. The summed E-state index contributed by atoms with van der Waals surface area (Å²) in [5.74, 6) is -5.92. The number of hydrogen-bond donors (Lipinski definition) is 1. The van der Waals surface area contributed by atoms with Crippen molar-refractivity contribution in [3.05, 3.63) is 119 Å². The van der Waals surface area contributed by atoms with Crippen LogP contribution in [0.15, 0.2) is 113 Å². The molecule has 2 saturated heterocycles. The van der Waals surface area contributed by atoms with Crippen LogP contribution in [0.5, 0.6) is 5.75 Å². The van der Waals surface area contributed by atoms with Crippen molar-refractivity contribution in [1.82, 2.24) is 0 Å². The number of allylic oxidation sites excluding steroid dienone is 2. The number of nitrogens with zero attached hydrogens (tertiary/aromatic N) is 5. The topological polar surface area (TPSA) is 123 Å². The number of carbonyl (C=O) groups excluding carboxylic acids is 4. The first-order valence-electron chi connectivity index (χ1n) is 17.4. The lowest BCUT2D eigenvalue weighted by Crippen LogP contribution is -2.48. The summed E-state index contributed by atoms with van der Waals surface area (Å²) in [5, 5.41) is 18.9. The number of benzene rings is 4. The molecule has 2 aliphatic heterocycles. The van der Waals surface area contributed by atoms with E-state index < -0.39 is 52.6 Å². The molecule has 0 radical (unpaired) electrons. The zero-order chi connectivity index (χ0) is 37.3. The van der Waals surface area contributed by atoms with Crippen molar-refractivity contribution in [3.8, 4) is 5.75 Å². The lowest BCUT2D eigenvalue weighted by atomic mass is 9.51. The molecule has 1 N–H and O–H groups in total. The molecule has 53 heavy (non-hydrogen) atoms. The monoisotopic (exact) mass is 731 g/mol. The number of aromatic hydroxyl groups is 1. The molecular weight excluding hydrogens is 697 g/mol. The van der Waals surface area contributed by atoms with Gasteiger partial charge in [-0.2, -0.15) is 10.2 Å². The maximum absolute atomic E-state index is 14.5. The van der Waals surface area contributed by atoms with Gasteiger partial charge in [0.15, 0.2) is 0 Å². The highest BCUT2D eigenvalue weighted by Crippen LogP contribution is 2.64. The Labute approximate surface area is 310 Å². The van der Waals surface area contributed by atoms with Crippen molar-refractivity contribution in [1.29, 1.82) is 0 Å². The van der Waals surface area contributed by atoms with Crippen LogP contribution in [0.1, 0.15) is 31.2 Å². The summed E-state index contributed by atoms with van der Waals surface area (Å²) in [7, 11) is 3.91. The van der Waals surface area contributed by atoms with Gasteiger partial charge in [0.1, 0.15) is 11.6 Å². The summed E-state index contributed by atoms with van der Waals surface area (Å²) in [5.41, 5.74) is 2.89. The number of azo groups is 1. The second-order valence-corrected chi connectivity index (χ2v) is 14.9. The maximum Gasteiger partial charge on any atom is 0.241 e. The molecule has 1 saturated carbocycles. The predicted octanol–water partition coefficient (Wildman–Crippen LogP) is 8.10. The van der Waals surface area contributed by atoms with Crippen molar-refractivity contribution in [3.63, 3.8) is 0 Å². The van der Waals surface area contributed by atoms with Crippen LogP contribution in [0.4, 0.5) is 32.8 Å². The number of amides is 4. The van der Waals surface area contributed by atoms with Crippen LogP contribution in [0.25, 0.3) is 0 Å². The molecule has 8 rings (SSSR count). The third-order valence-corrected chi connectivity index (χ3v) is 11.7. The van der Waals surface area contributed by atoms with E-state index in [1.165, 1.54) is 23.1 Å².